The predicted octanol–water partition coefficient (Wildman–Crippen LogP) is 2.69. The lowest BCUT2D eigenvalue weighted by atomic mass is 10.1. The van der Waals surface area contributed by atoms with Crippen LogP contribution in [0.25, 0.3) is 0 Å². The van der Waals surface area contributed by atoms with Crippen LogP contribution in [-0.2, 0) is 20.3 Å². The van der Waals surface area contributed by atoms with Gasteiger partial charge in [0.15, 0.2) is 0 Å². The molecule has 0 saturated carbocycles. The standard InChI is InChI=1S/C11H12ClF2NO3S/c1-3-7-5-8(19(12,17)18)4-6(2)9(7)15-11(16)10(13)14/h4-5,10H,3H2,1-2H3,(H,15,16). The van der Waals surface area contributed by atoms with E-state index in [2.05, 4.69) is 5.32 Å². The first-order valence-electron chi connectivity index (χ1n) is 5.34. The van der Waals surface area contributed by atoms with Crippen LogP contribution in [0.2, 0.25) is 0 Å². The van der Waals surface area contributed by atoms with Gasteiger partial charge in [-0.1, -0.05) is 6.92 Å². The van der Waals surface area contributed by atoms with Crippen molar-refractivity contribution in [1.82, 2.24) is 0 Å². The van der Waals surface area contributed by atoms with Crippen LogP contribution < -0.4 is 5.32 Å². The second kappa shape index (κ2) is 5.83. The van der Waals surface area contributed by atoms with E-state index >= 15 is 0 Å². The molecule has 8 heteroatoms. The van der Waals surface area contributed by atoms with Crippen molar-refractivity contribution in [3.63, 3.8) is 0 Å². The van der Waals surface area contributed by atoms with Gasteiger partial charge < -0.3 is 5.32 Å². The molecule has 1 N–H and O–H groups in total. The fourth-order valence-electron chi connectivity index (χ4n) is 1.60. The highest BCUT2D eigenvalue weighted by molar-refractivity contribution is 8.13. The Hall–Kier alpha value is -1.21. The molecule has 0 aromatic heterocycles. The highest BCUT2D eigenvalue weighted by atomic mass is 35.7. The number of benzene rings is 1. The zero-order chi connectivity index (χ0) is 14.8. The van der Waals surface area contributed by atoms with Crippen molar-refractivity contribution in [2.45, 2.75) is 31.6 Å². The molecule has 0 aliphatic heterocycles. The van der Waals surface area contributed by atoms with Gasteiger partial charge >= 0.3 is 6.43 Å². The lowest BCUT2D eigenvalue weighted by molar-refractivity contribution is -0.126. The Bertz CT molecular complexity index is 602. The molecule has 0 radical (unpaired) electrons. The number of hydrogen-bond donors (Lipinski definition) is 1. The van der Waals surface area contributed by atoms with Crippen molar-refractivity contribution in [3.8, 4) is 0 Å². The molecule has 0 heterocycles. The van der Waals surface area contributed by atoms with Crippen LogP contribution in [0.3, 0.4) is 0 Å². The van der Waals surface area contributed by atoms with Crippen LogP contribution in [0.5, 0.6) is 0 Å². The van der Waals surface area contributed by atoms with Crippen LogP contribution in [-0.4, -0.2) is 20.8 Å². The molecule has 1 amide bonds. The quantitative estimate of drug-likeness (QED) is 0.870. The summed E-state index contributed by atoms with van der Waals surface area (Å²) in [5.74, 6) is -1.43. The molecule has 0 bridgehead atoms. The lowest BCUT2D eigenvalue weighted by Crippen LogP contribution is -2.21. The Labute approximate surface area is 114 Å². The van der Waals surface area contributed by atoms with Crippen LogP contribution >= 0.6 is 10.7 Å². The minimum absolute atomic E-state index is 0.126. The van der Waals surface area contributed by atoms with Gasteiger partial charge in [0.25, 0.3) is 15.0 Å². The van der Waals surface area contributed by atoms with E-state index in [4.69, 9.17) is 10.7 Å². The molecular formula is C11H12ClF2NO3S. The molecule has 4 nitrogen and oxygen atoms in total. The van der Waals surface area contributed by atoms with Crippen molar-refractivity contribution >= 4 is 31.3 Å². The number of carbonyl (C=O) groups is 1. The van der Waals surface area contributed by atoms with Gasteiger partial charge in [0.1, 0.15) is 0 Å². The zero-order valence-corrected chi connectivity index (χ0v) is 11.8. The van der Waals surface area contributed by atoms with Crippen LogP contribution in [0.4, 0.5) is 14.5 Å². The molecule has 19 heavy (non-hydrogen) atoms. The average Bonchev–Trinajstić information content (AvgIpc) is 2.29. The molecule has 0 saturated heterocycles. The monoisotopic (exact) mass is 311 g/mol. The first-order valence-corrected chi connectivity index (χ1v) is 7.65. The smallest absolute Gasteiger partial charge is 0.315 e. The second-order valence-corrected chi connectivity index (χ2v) is 6.42. The third-order valence-corrected chi connectivity index (χ3v) is 3.83. The van der Waals surface area contributed by atoms with Crippen LogP contribution in [0.1, 0.15) is 18.1 Å². The molecule has 0 aliphatic carbocycles. The van der Waals surface area contributed by atoms with Gasteiger partial charge in [-0.2, -0.15) is 8.78 Å². The van der Waals surface area contributed by atoms with E-state index in [9.17, 15) is 22.0 Å². The zero-order valence-electron chi connectivity index (χ0n) is 10.2. The van der Waals surface area contributed by atoms with E-state index in [-0.39, 0.29) is 10.6 Å². The molecule has 0 fully saturated rings. The summed E-state index contributed by atoms with van der Waals surface area (Å²) in [5, 5.41) is 2.08. The molecule has 0 spiro atoms. The van der Waals surface area contributed by atoms with E-state index in [1.165, 1.54) is 19.1 Å². The fraction of sp³-hybridized carbons (Fsp3) is 0.364. The number of amides is 1. The molecule has 1 rings (SSSR count). The third-order valence-electron chi connectivity index (χ3n) is 2.50. The Kier molecular flexibility index (Phi) is 4.86. The fourth-order valence-corrected chi connectivity index (χ4v) is 2.47. The minimum atomic E-state index is -3.91. The van der Waals surface area contributed by atoms with Gasteiger partial charge in [0.2, 0.25) is 0 Å². The second-order valence-electron chi connectivity index (χ2n) is 3.86. The summed E-state index contributed by atoms with van der Waals surface area (Å²) >= 11 is 0. The Morgan fingerprint density at radius 1 is 1.42 bits per heavy atom. The lowest BCUT2D eigenvalue weighted by Gasteiger charge is -2.14. The Morgan fingerprint density at radius 2 is 2.00 bits per heavy atom. The van der Waals surface area contributed by atoms with Crippen LogP contribution in [0.15, 0.2) is 17.0 Å². The van der Waals surface area contributed by atoms with Crippen molar-refractivity contribution in [2.75, 3.05) is 5.32 Å². The molecule has 1 aromatic carbocycles. The number of alkyl halides is 2. The molecular weight excluding hydrogens is 300 g/mol. The number of aryl methyl sites for hydroxylation is 2. The summed E-state index contributed by atoms with van der Waals surface area (Å²) in [7, 11) is 1.32. The van der Waals surface area contributed by atoms with Gasteiger partial charge in [0.05, 0.1) is 4.90 Å². The summed E-state index contributed by atoms with van der Waals surface area (Å²) in [6.45, 7) is 3.21. The molecule has 106 valence electrons. The molecule has 0 atom stereocenters. The van der Waals surface area contributed by atoms with E-state index in [0.717, 1.165) is 0 Å². The normalized spacial score (nSPS) is 11.7. The maximum atomic E-state index is 12.2. The topological polar surface area (TPSA) is 63.2 Å². The highest BCUT2D eigenvalue weighted by Crippen LogP contribution is 2.27. The number of rotatable bonds is 4. The van der Waals surface area contributed by atoms with Crippen molar-refractivity contribution in [1.29, 1.82) is 0 Å². The van der Waals surface area contributed by atoms with Crippen molar-refractivity contribution in [2.24, 2.45) is 0 Å². The Morgan fingerprint density at radius 3 is 2.42 bits per heavy atom. The average molecular weight is 312 g/mol. The number of carbonyl (C=O) groups excluding carboxylic acids is 1. The van der Waals surface area contributed by atoms with E-state index in [1.807, 2.05) is 0 Å². The van der Waals surface area contributed by atoms with E-state index in [1.54, 1.807) is 6.92 Å². The summed E-state index contributed by atoms with van der Waals surface area (Å²) in [6.07, 6.45) is -2.78. The van der Waals surface area contributed by atoms with E-state index in [0.29, 0.717) is 17.5 Å². The first kappa shape index (κ1) is 15.8. The highest BCUT2D eigenvalue weighted by Gasteiger charge is 2.20. The third kappa shape index (κ3) is 3.87. The maximum absolute atomic E-state index is 12.2. The summed E-state index contributed by atoms with van der Waals surface area (Å²) in [6, 6.07) is 2.49. The SMILES string of the molecule is CCc1cc(S(=O)(=O)Cl)cc(C)c1NC(=O)C(F)F. The predicted molar refractivity (Wildman–Crippen MR) is 68.2 cm³/mol. The van der Waals surface area contributed by atoms with Crippen molar-refractivity contribution < 1.29 is 22.0 Å². The van der Waals surface area contributed by atoms with Crippen LogP contribution in [0, 0.1) is 6.92 Å². The Balaban J connectivity index is 3.31. The van der Waals surface area contributed by atoms with Gasteiger partial charge in [-0.15, -0.1) is 0 Å². The van der Waals surface area contributed by atoms with Gasteiger partial charge in [-0.3, -0.25) is 4.79 Å². The summed E-state index contributed by atoms with van der Waals surface area (Å²) in [5.41, 5.74) is 0.970. The number of anilines is 1. The largest absolute Gasteiger partial charge is 0.321 e. The number of hydrogen-bond acceptors (Lipinski definition) is 3. The van der Waals surface area contributed by atoms with Gasteiger partial charge in [-0.05, 0) is 36.6 Å². The number of nitrogens with one attached hydrogen (secondary N) is 1. The van der Waals surface area contributed by atoms with Gasteiger partial charge in [-0.25, -0.2) is 8.42 Å². The molecule has 0 unspecified atom stereocenters. The molecule has 0 aliphatic rings. The summed E-state index contributed by atoms with van der Waals surface area (Å²) < 4.78 is 46.9. The van der Waals surface area contributed by atoms with Gasteiger partial charge in [0, 0.05) is 16.4 Å². The van der Waals surface area contributed by atoms with E-state index < -0.39 is 21.4 Å². The minimum Gasteiger partial charge on any atom is -0.321 e. The number of halogens is 3. The maximum Gasteiger partial charge on any atom is 0.315 e. The summed E-state index contributed by atoms with van der Waals surface area (Å²) in [4.78, 5) is 10.9. The first-order chi connectivity index (χ1) is 8.66. The molecule has 1 aromatic rings. The van der Waals surface area contributed by atoms with Crippen molar-refractivity contribution in [3.05, 3.63) is 23.3 Å².